The lowest BCUT2D eigenvalue weighted by Crippen LogP contribution is -2.47. The Balaban J connectivity index is 1.72. The van der Waals surface area contributed by atoms with Crippen LogP contribution in [0.3, 0.4) is 0 Å². The molecule has 27 heavy (non-hydrogen) atoms. The molecule has 0 radical (unpaired) electrons. The molecular formula is C18H19FN2O5S. The first kappa shape index (κ1) is 19.0. The van der Waals surface area contributed by atoms with E-state index in [9.17, 15) is 17.6 Å². The number of halogens is 1. The van der Waals surface area contributed by atoms with Crippen molar-refractivity contribution in [2.45, 2.75) is 19.5 Å². The van der Waals surface area contributed by atoms with Crippen LogP contribution in [0.5, 0.6) is 11.5 Å². The Hall–Kier alpha value is -2.81. The molecule has 1 aliphatic rings. The van der Waals surface area contributed by atoms with Gasteiger partial charge in [0, 0.05) is 6.54 Å². The second kappa shape index (κ2) is 7.43. The summed E-state index contributed by atoms with van der Waals surface area (Å²) in [5, 5.41) is 2.71. The zero-order valence-corrected chi connectivity index (χ0v) is 15.6. The van der Waals surface area contributed by atoms with Gasteiger partial charge in [-0.15, -0.1) is 0 Å². The van der Waals surface area contributed by atoms with Crippen LogP contribution in [0, 0.1) is 5.82 Å². The lowest BCUT2D eigenvalue weighted by Gasteiger charge is -2.28. The van der Waals surface area contributed by atoms with Crippen LogP contribution < -0.4 is 19.1 Å². The molecule has 1 atom stereocenters. The minimum atomic E-state index is -3.75. The molecule has 0 aromatic heterocycles. The summed E-state index contributed by atoms with van der Waals surface area (Å²) < 4.78 is 49.0. The summed E-state index contributed by atoms with van der Waals surface area (Å²) in [7, 11) is -3.75. The lowest BCUT2D eigenvalue weighted by atomic mass is 10.2. The summed E-state index contributed by atoms with van der Waals surface area (Å²) in [5.74, 6) is 0.256. The summed E-state index contributed by atoms with van der Waals surface area (Å²) in [6.07, 6.45) is 0.998. The molecule has 0 aliphatic carbocycles. The van der Waals surface area contributed by atoms with Crippen LogP contribution in [0.4, 0.5) is 10.1 Å². The summed E-state index contributed by atoms with van der Waals surface area (Å²) in [6, 6.07) is 9.19. The fourth-order valence-corrected chi connectivity index (χ4v) is 3.96. The normalized spacial score (nSPS) is 13.9. The molecule has 9 heteroatoms. The molecule has 1 amide bonds. The molecule has 1 aliphatic heterocycles. The van der Waals surface area contributed by atoms with Crippen LogP contribution >= 0.6 is 0 Å². The Morgan fingerprint density at radius 3 is 2.52 bits per heavy atom. The summed E-state index contributed by atoms with van der Waals surface area (Å²) in [4.78, 5) is 12.5. The van der Waals surface area contributed by atoms with E-state index in [0.717, 1.165) is 28.3 Å². The number of carbonyl (C=O) groups is 1. The van der Waals surface area contributed by atoms with Crippen molar-refractivity contribution in [3.63, 3.8) is 0 Å². The zero-order valence-electron chi connectivity index (χ0n) is 14.8. The second-order valence-electron chi connectivity index (χ2n) is 6.12. The predicted molar refractivity (Wildman–Crippen MR) is 97.6 cm³/mol. The van der Waals surface area contributed by atoms with Crippen LogP contribution in [-0.4, -0.2) is 33.4 Å². The van der Waals surface area contributed by atoms with E-state index in [4.69, 9.17) is 9.47 Å². The Morgan fingerprint density at radius 2 is 1.85 bits per heavy atom. The van der Waals surface area contributed by atoms with Crippen LogP contribution in [0.1, 0.15) is 12.5 Å². The van der Waals surface area contributed by atoms with Crippen molar-refractivity contribution in [1.29, 1.82) is 0 Å². The largest absolute Gasteiger partial charge is 0.454 e. The SMILES string of the molecule is C[C@@H](C(=O)NCc1ccc2c(c1)OCO2)N(c1ccc(F)cc1)S(C)(=O)=O. The smallest absolute Gasteiger partial charge is 0.243 e. The first-order valence-electron chi connectivity index (χ1n) is 8.17. The number of sulfonamides is 1. The Labute approximate surface area is 156 Å². The van der Waals surface area contributed by atoms with Crippen LogP contribution in [0.25, 0.3) is 0 Å². The Kier molecular flexibility index (Phi) is 5.22. The van der Waals surface area contributed by atoms with E-state index in [0.29, 0.717) is 11.5 Å². The minimum Gasteiger partial charge on any atom is -0.454 e. The van der Waals surface area contributed by atoms with Crippen molar-refractivity contribution in [2.24, 2.45) is 0 Å². The maximum absolute atomic E-state index is 13.1. The van der Waals surface area contributed by atoms with Gasteiger partial charge in [-0.05, 0) is 48.9 Å². The van der Waals surface area contributed by atoms with E-state index in [1.807, 2.05) is 0 Å². The van der Waals surface area contributed by atoms with Crippen molar-refractivity contribution in [3.8, 4) is 11.5 Å². The summed E-state index contributed by atoms with van der Waals surface area (Å²) in [6.45, 7) is 1.82. The summed E-state index contributed by atoms with van der Waals surface area (Å²) in [5.41, 5.74) is 0.997. The van der Waals surface area contributed by atoms with Gasteiger partial charge in [-0.2, -0.15) is 0 Å². The average molecular weight is 394 g/mol. The van der Waals surface area contributed by atoms with Crippen molar-refractivity contribution < 1.29 is 27.1 Å². The fourth-order valence-electron chi connectivity index (χ4n) is 2.78. The number of nitrogens with zero attached hydrogens (tertiary/aromatic N) is 1. The molecule has 0 fully saturated rings. The molecule has 144 valence electrons. The molecule has 0 saturated carbocycles. The highest BCUT2D eigenvalue weighted by Crippen LogP contribution is 2.32. The van der Waals surface area contributed by atoms with Crippen LogP contribution in [-0.2, 0) is 21.4 Å². The number of ether oxygens (including phenoxy) is 2. The van der Waals surface area contributed by atoms with Crippen molar-refractivity contribution in [3.05, 3.63) is 53.8 Å². The number of carbonyl (C=O) groups excluding carboxylic acids is 1. The van der Waals surface area contributed by atoms with Gasteiger partial charge in [0.15, 0.2) is 11.5 Å². The third-order valence-electron chi connectivity index (χ3n) is 4.07. The number of anilines is 1. The number of hydrogen-bond donors (Lipinski definition) is 1. The second-order valence-corrected chi connectivity index (χ2v) is 7.98. The lowest BCUT2D eigenvalue weighted by molar-refractivity contribution is -0.122. The van der Waals surface area contributed by atoms with Crippen molar-refractivity contribution >= 4 is 21.6 Å². The number of hydrogen-bond acceptors (Lipinski definition) is 5. The highest BCUT2D eigenvalue weighted by Gasteiger charge is 2.29. The molecule has 0 unspecified atom stereocenters. The molecule has 2 aromatic rings. The minimum absolute atomic E-state index is 0.156. The van der Waals surface area contributed by atoms with Gasteiger partial charge >= 0.3 is 0 Å². The molecule has 7 nitrogen and oxygen atoms in total. The highest BCUT2D eigenvalue weighted by molar-refractivity contribution is 7.92. The van der Waals surface area contributed by atoms with E-state index in [1.165, 1.54) is 19.1 Å². The van der Waals surface area contributed by atoms with Crippen LogP contribution in [0.15, 0.2) is 42.5 Å². The maximum atomic E-state index is 13.1. The third kappa shape index (κ3) is 4.30. The van der Waals surface area contributed by atoms with Gasteiger partial charge in [0.05, 0.1) is 11.9 Å². The number of benzene rings is 2. The van der Waals surface area contributed by atoms with E-state index in [1.54, 1.807) is 18.2 Å². The van der Waals surface area contributed by atoms with Gasteiger partial charge in [0.1, 0.15) is 11.9 Å². The molecule has 3 rings (SSSR count). The van der Waals surface area contributed by atoms with Gasteiger partial charge in [0.2, 0.25) is 22.7 Å². The molecule has 0 saturated heterocycles. The standard InChI is InChI=1S/C18H19FN2O5S/c1-12(21(27(2,23)24)15-6-4-14(19)5-7-15)18(22)20-10-13-3-8-16-17(9-13)26-11-25-16/h3-9,12H,10-11H2,1-2H3,(H,20,22)/t12-/m0/s1. The fraction of sp³-hybridized carbons (Fsp3) is 0.278. The predicted octanol–water partition coefficient (Wildman–Crippen LogP) is 2.03. The molecule has 2 aromatic carbocycles. The Morgan fingerprint density at radius 1 is 1.19 bits per heavy atom. The topological polar surface area (TPSA) is 84.9 Å². The first-order valence-corrected chi connectivity index (χ1v) is 10.0. The van der Waals surface area contributed by atoms with Crippen molar-refractivity contribution in [2.75, 3.05) is 17.4 Å². The third-order valence-corrected chi connectivity index (χ3v) is 5.31. The molecular weight excluding hydrogens is 375 g/mol. The van der Waals surface area contributed by atoms with E-state index >= 15 is 0 Å². The number of nitrogens with one attached hydrogen (secondary N) is 1. The van der Waals surface area contributed by atoms with E-state index < -0.39 is 27.8 Å². The maximum Gasteiger partial charge on any atom is 0.243 e. The van der Waals surface area contributed by atoms with Gasteiger partial charge < -0.3 is 14.8 Å². The number of fused-ring (bicyclic) bond motifs is 1. The van der Waals surface area contributed by atoms with Crippen molar-refractivity contribution in [1.82, 2.24) is 5.32 Å². The first-order chi connectivity index (χ1) is 12.8. The number of rotatable bonds is 6. The summed E-state index contributed by atoms with van der Waals surface area (Å²) >= 11 is 0. The van der Waals surface area contributed by atoms with E-state index in [-0.39, 0.29) is 19.0 Å². The molecule has 0 spiro atoms. The van der Waals surface area contributed by atoms with Crippen LogP contribution in [0.2, 0.25) is 0 Å². The zero-order chi connectivity index (χ0) is 19.6. The van der Waals surface area contributed by atoms with E-state index in [2.05, 4.69) is 5.32 Å². The monoisotopic (exact) mass is 394 g/mol. The quantitative estimate of drug-likeness (QED) is 0.810. The average Bonchev–Trinajstić information content (AvgIpc) is 3.08. The number of amides is 1. The molecule has 0 bridgehead atoms. The molecule has 1 N–H and O–H groups in total. The highest BCUT2D eigenvalue weighted by atomic mass is 32.2. The van der Waals surface area contributed by atoms with Gasteiger partial charge in [-0.1, -0.05) is 6.07 Å². The van der Waals surface area contributed by atoms with Gasteiger partial charge in [-0.3, -0.25) is 9.10 Å². The van der Waals surface area contributed by atoms with Gasteiger partial charge in [0.25, 0.3) is 0 Å². The van der Waals surface area contributed by atoms with Gasteiger partial charge in [-0.25, -0.2) is 12.8 Å². The molecule has 1 heterocycles. The Bertz CT molecular complexity index is 947.